The average Bonchev–Trinajstić information content (AvgIpc) is 2.88. The molecule has 0 saturated carbocycles. The predicted molar refractivity (Wildman–Crippen MR) is 118 cm³/mol. The van der Waals surface area contributed by atoms with E-state index >= 15 is 0 Å². The molecule has 0 aliphatic carbocycles. The van der Waals surface area contributed by atoms with Crippen molar-refractivity contribution in [2.24, 2.45) is 5.92 Å². The smallest absolute Gasteiger partial charge is 0.236 e. The molecule has 1 aromatic rings. The van der Waals surface area contributed by atoms with Gasteiger partial charge in [0.25, 0.3) is 0 Å². The first-order valence-corrected chi connectivity index (χ1v) is 11.3. The van der Waals surface area contributed by atoms with Crippen LogP contribution >= 0.6 is 11.8 Å². The minimum atomic E-state index is -0.0207. The number of carbonyl (C=O) groups excluding carboxylic acids is 2. The zero-order chi connectivity index (χ0) is 21.1. The zero-order valence-electron chi connectivity index (χ0n) is 18.5. The highest BCUT2D eigenvalue weighted by Crippen LogP contribution is 2.43. The second-order valence-corrected chi connectivity index (χ2v) is 10.7. The van der Waals surface area contributed by atoms with E-state index in [1.165, 1.54) is 11.1 Å². The Morgan fingerprint density at radius 1 is 1.21 bits per heavy atom. The number of hydrogen-bond donors (Lipinski definition) is 0. The second kappa shape index (κ2) is 9.34. The maximum absolute atomic E-state index is 12.7. The first-order valence-electron chi connectivity index (χ1n) is 10.3. The van der Waals surface area contributed by atoms with Crippen molar-refractivity contribution in [2.45, 2.75) is 70.4 Å². The molecule has 0 radical (unpaired) electrons. The van der Waals surface area contributed by atoms with Crippen LogP contribution in [0.25, 0.3) is 0 Å². The summed E-state index contributed by atoms with van der Waals surface area (Å²) in [5, 5.41) is 0.0424. The van der Waals surface area contributed by atoms with Gasteiger partial charge in [0, 0.05) is 26.6 Å². The van der Waals surface area contributed by atoms with Gasteiger partial charge in [0.1, 0.15) is 5.37 Å². The molecule has 0 aromatic heterocycles. The lowest BCUT2D eigenvalue weighted by Gasteiger charge is -2.26. The Hall–Kier alpha value is -1.49. The van der Waals surface area contributed by atoms with Crippen LogP contribution in [0.5, 0.6) is 0 Å². The average molecular weight is 405 g/mol. The number of amides is 2. The molecule has 1 heterocycles. The fourth-order valence-electron chi connectivity index (χ4n) is 3.42. The zero-order valence-corrected chi connectivity index (χ0v) is 19.3. The lowest BCUT2D eigenvalue weighted by molar-refractivity contribution is -0.131. The molecule has 1 aliphatic rings. The van der Waals surface area contributed by atoms with Crippen LogP contribution in [0.2, 0.25) is 0 Å². The molecular weight excluding hydrogens is 368 g/mol. The van der Waals surface area contributed by atoms with Crippen molar-refractivity contribution in [3.63, 3.8) is 0 Å². The van der Waals surface area contributed by atoms with Crippen molar-refractivity contribution >= 4 is 23.6 Å². The van der Waals surface area contributed by atoms with Gasteiger partial charge < -0.3 is 9.80 Å². The number of thioether (sulfide) groups is 1. The molecular formula is C23H36N2O2S. The van der Waals surface area contributed by atoms with E-state index < -0.39 is 0 Å². The highest BCUT2D eigenvalue weighted by Gasteiger charge is 2.38. The number of nitrogens with zero attached hydrogens (tertiary/aromatic N) is 2. The molecule has 5 heteroatoms. The van der Waals surface area contributed by atoms with Gasteiger partial charge in [-0.3, -0.25) is 9.59 Å². The third-order valence-corrected chi connectivity index (χ3v) is 6.60. The van der Waals surface area contributed by atoms with E-state index in [1.54, 1.807) is 16.7 Å². The number of rotatable bonds is 7. The molecule has 4 nitrogen and oxygen atoms in total. The molecule has 0 spiro atoms. The maximum atomic E-state index is 12.7. The molecule has 2 rings (SSSR count). The van der Waals surface area contributed by atoms with E-state index in [4.69, 9.17) is 0 Å². The Morgan fingerprint density at radius 2 is 1.82 bits per heavy atom. The van der Waals surface area contributed by atoms with Gasteiger partial charge in [0.2, 0.25) is 11.8 Å². The Balaban J connectivity index is 2.01. The molecule has 1 aromatic carbocycles. The van der Waals surface area contributed by atoms with Crippen LogP contribution in [-0.4, -0.2) is 47.0 Å². The minimum absolute atomic E-state index is 0.0207. The molecule has 28 heavy (non-hydrogen) atoms. The van der Waals surface area contributed by atoms with Crippen LogP contribution in [0.1, 0.15) is 70.9 Å². The van der Waals surface area contributed by atoms with E-state index in [-0.39, 0.29) is 27.9 Å². The van der Waals surface area contributed by atoms with E-state index in [9.17, 15) is 9.59 Å². The summed E-state index contributed by atoms with van der Waals surface area (Å²) in [7, 11) is 1.86. The molecule has 0 unspecified atom stereocenters. The third kappa shape index (κ3) is 5.76. The van der Waals surface area contributed by atoms with E-state index in [0.717, 1.165) is 6.42 Å². The highest BCUT2D eigenvalue weighted by atomic mass is 32.2. The van der Waals surface area contributed by atoms with Crippen molar-refractivity contribution in [3.8, 4) is 0 Å². The largest absolute Gasteiger partial charge is 0.346 e. The quantitative estimate of drug-likeness (QED) is 0.653. The Bertz CT molecular complexity index is 679. The highest BCUT2D eigenvalue weighted by molar-refractivity contribution is 8.01. The maximum Gasteiger partial charge on any atom is 0.236 e. The van der Waals surface area contributed by atoms with E-state index in [1.807, 2.05) is 18.9 Å². The van der Waals surface area contributed by atoms with Gasteiger partial charge >= 0.3 is 0 Å². The summed E-state index contributed by atoms with van der Waals surface area (Å²) in [6.45, 7) is 14.1. The van der Waals surface area contributed by atoms with Crippen molar-refractivity contribution < 1.29 is 9.59 Å². The predicted octanol–water partition coefficient (Wildman–Crippen LogP) is 4.84. The molecule has 1 fully saturated rings. The van der Waals surface area contributed by atoms with Gasteiger partial charge in [-0.25, -0.2) is 0 Å². The van der Waals surface area contributed by atoms with E-state index in [2.05, 4.69) is 58.9 Å². The standard InChI is InChI=1S/C23H36N2O2S/c1-16(2)15-20(26)24(7)13-8-14-25-21(27)17(3)28-22(25)18-9-11-19(12-10-18)23(4,5)6/h9-12,16-17,22H,8,13-15H2,1-7H3/t17-,22+/m1/s1. The number of carbonyl (C=O) groups is 2. The molecule has 2 amide bonds. The fourth-order valence-corrected chi connectivity index (χ4v) is 4.72. The molecule has 0 N–H and O–H groups in total. The van der Waals surface area contributed by atoms with Gasteiger partial charge in [-0.15, -0.1) is 11.8 Å². The molecule has 1 aliphatic heterocycles. The van der Waals surface area contributed by atoms with Crippen molar-refractivity contribution in [1.29, 1.82) is 0 Å². The minimum Gasteiger partial charge on any atom is -0.346 e. The van der Waals surface area contributed by atoms with Crippen LogP contribution in [0, 0.1) is 5.92 Å². The molecule has 2 atom stereocenters. The number of hydrogen-bond acceptors (Lipinski definition) is 3. The van der Waals surface area contributed by atoms with Crippen molar-refractivity contribution in [1.82, 2.24) is 9.80 Å². The monoisotopic (exact) mass is 404 g/mol. The van der Waals surface area contributed by atoms with Crippen LogP contribution in [0.3, 0.4) is 0 Å². The Morgan fingerprint density at radius 3 is 2.36 bits per heavy atom. The summed E-state index contributed by atoms with van der Waals surface area (Å²) >= 11 is 1.72. The number of benzene rings is 1. The summed E-state index contributed by atoms with van der Waals surface area (Å²) in [6, 6.07) is 8.68. The van der Waals surface area contributed by atoms with Crippen LogP contribution < -0.4 is 0 Å². The third-order valence-electron chi connectivity index (χ3n) is 5.21. The normalized spacial score (nSPS) is 20.1. The SMILES string of the molecule is CC(C)CC(=O)N(C)CCCN1C(=O)[C@@H](C)S[C@H]1c1ccc(C(C)(C)C)cc1. The van der Waals surface area contributed by atoms with Gasteiger partial charge in [-0.1, -0.05) is 58.9 Å². The Labute approximate surface area is 175 Å². The van der Waals surface area contributed by atoms with Gasteiger partial charge in [0.05, 0.1) is 5.25 Å². The van der Waals surface area contributed by atoms with Gasteiger partial charge in [-0.05, 0) is 35.8 Å². The second-order valence-electron chi connectivity index (χ2n) is 9.30. The van der Waals surface area contributed by atoms with Gasteiger partial charge in [-0.2, -0.15) is 0 Å². The summed E-state index contributed by atoms with van der Waals surface area (Å²) < 4.78 is 0. The Kier molecular flexibility index (Phi) is 7.60. The van der Waals surface area contributed by atoms with Crippen LogP contribution in [0.15, 0.2) is 24.3 Å². The summed E-state index contributed by atoms with van der Waals surface area (Å²) in [5.41, 5.74) is 2.60. The first-order chi connectivity index (χ1) is 13.0. The first kappa shape index (κ1) is 22.8. The summed E-state index contributed by atoms with van der Waals surface area (Å²) in [5.74, 6) is 0.749. The van der Waals surface area contributed by atoms with Crippen molar-refractivity contribution in [2.75, 3.05) is 20.1 Å². The van der Waals surface area contributed by atoms with Gasteiger partial charge in [0.15, 0.2) is 0 Å². The van der Waals surface area contributed by atoms with Crippen LogP contribution in [-0.2, 0) is 15.0 Å². The molecule has 1 saturated heterocycles. The van der Waals surface area contributed by atoms with Crippen molar-refractivity contribution in [3.05, 3.63) is 35.4 Å². The summed E-state index contributed by atoms with van der Waals surface area (Å²) in [6.07, 6.45) is 1.38. The lowest BCUT2D eigenvalue weighted by atomic mass is 9.86. The molecule has 0 bridgehead atoms. The fraction of sp³-hybridized carbons (Fsp3) is 0.652. The topological polar surface area (TPSA) is 40.6 Å². The lowest BCUT2D eigenvalue weighted by Crippen LogP contribution is -2.34. The summed E-state index contributed by atoms with van der Waals surface area (Å²) in [4.78, 5) is 28.6. The molecule has 156 valence electrons. The van der Waals surface area contributed by atoms with E-state index in [0.29, 0.717) is 25.4 Å². The van der Waals surface area contributed by atoms with Crippen LogP contribution in [0.4, 0.5) is 0 Å².